The van der Waals surface area contributed by atoms with Gasteiger partial charge in [0.05, 0.1) is 5.69 Å². The van der Waals surface area contributed by atoms with Crippen molar-refractivity contribution in [1.82, 2.24) is 9.88 Å². The van der Waals surface area contributed by atoms with Crippen molar-refractivity contribution in [2.75, 3.05) is 13.6 Å². The third-order valence-electron chi connectivity index (χ3n) is 5.38. The number of hydrogen-bond donors (Lipinski definition) is 1. The van der Waals surface area contributed by atoms with Crippen molar-refractivity contribution in [3.63, 3.8) is 0 Å². The van der Waals surface area contributed by atoms with Crippen LogP contribution in [0.25, 0.3) is 0 Å². The fourth-order valence-electron chi connectivity index (χ4n) is 3.71. The lowest BCUT2D eigenvalue weighted by Gasteiger charge is -2.41. The molecule has 0 radical (unpaired) electrons. The lowest BCUT2D eigenvalue weighted by Crippen LogP contribution is -2.51. The van der Waals surface area contributed by atoms with Gasteiger partial charge in [0.1, 0.15) is 0 Å². The highest BCUT2D eigenvalue weighted by Crippen LogP contribution is 2.35. The molecule has 3 nitrogen and oxygen atoms in total. The van der Waals surface area contributed by atoms with Crippen molar-refractivity contribution < 1.29 is 0 Å². The summed E-state index contributed by atoms with van der Waals surface area (Å²) in [6.45, 7) is 6.03. The second kappa shape index (κ2) is 7.37. The molecule has 0 spiro atoms. The molecule has 1 aliphatic carbocycles. The summed E-state index contributed by atoms with van der Waals surface area (Å²) in [7, 11) is 2.23. The van der Waals surface area contributed by atoms with E-state index in [0.29, 0.717) is 0 Å². The molecule has 2 unspecified atom stereocenters. The predicted molar refractivity (Wildman–Crippen MR) is 89.1 cm³/mol. The molecular formula is C18H31N3. The summed E-state index contributed by atoms with van der Waals surface area (Å²) in [5.41, 5.74) is 8.63. The standard InChI is InChI=1S/C18H31N3/c1-4-16-8-6-11-18(14-19,12-10-16)21(3)13-17-9-5-7-15(2)20-17/h5,7,9,16H,4,6,8,10-14,19H2,1-3H3. The lowest BCUT2D eigenvalue weighted by molar-refractivity contribution is 0.0970. The van der Waals surface area contributed by atoms with Crippen LogP contribution in [-0.2, 0) is 6.54 Å². The number of pyridine rings is 1. The number of nitrogens with zero attached hydrogens (tertiary/aromatic N) is 2. The van der Waals surface area contributed by atoms with E-state index in [9.17, 15) is 0 Å². The summed E-state index contributed by atoms with van der Waals surface area (Å²) in [5.74, 6) is 0.893. The van der Waals surface area contributed by atoms with Crippen LogP contribution in [0.2, 0.25) is 0 Å². The predicted octanol–water partition coefficient (Wildman–Crippen LogP) is 3.51. The van der Waals surface area contributed by atoms with Crippen molar-refractivity contribution in [3.05, 3.63) is 29.6 Å². The molecule has 118 valence electrons. The molecular weight excluding hydrogens is 258 g/mol. The molecule has 1 heterocycles. The summed E-state index contributed by atoms with van der Waals surface area (Å²) in [4.78, 5) is 7.11. The van der Waals surface area contributed by atoms with Crippen LogP contribution in [0.3, 0.4) is 0 Å². The maximum atomic E-state index is 6.22. The van der Waals surface area contributed by atoms with Crippen LogP contribution in [0.4, 0.5) is 0 Å². The van der Waals surface area contributed by atoms with Crippen molar-refractivity contribution in [1.29, 1.82) is 0 Å². The third-order valence-corrected chi connectivity index (χ3v) is 5.38. The number of aryl methyl sites for hydroxylation is 1. The summed E-state index contributed by atoms with van der Waals surface area (Å²) < 4.78 is 0. The van der Waals surface area contributed by atoms with Crippen LogP contribution in [0, 0.1) is 12.8 Å². The SMILES string of the molecule is CCC1CCCC(CN)(N(C)Cc2cccc(C)n2)CC1. The second-order valence-electron chi connectivity index (χ2n) is 6.76. The molecule has 0 aromatic carbocycles. The Labute approximate surface area is 129 Å². The van der Waals surface area contributed by atoms with Gasteiger partial charge in [0.2, 0.25) is 0 Å². The Balaban J connectivity index is 2.08. The minimum atomic E-state index is 0.162. The molecule has 3 heteroatoms. The summed E-state index contributed by atoms with van der Waals surface area (Å²) in [6, 6.07) is 6.28. The summed E-state index contributed by atoms with van der Waals surface area (Å²) in [5, 5.41) is 0. The second-order valence-corrected chi connectivity index (χ2v) is 6.76. The van der Waals surface area contributed by atoms with Gasteiger partial charge in [0.25, 0.3) is 0 Å². The number of aromatic nitrogens is 1. The Morgan fingerprint density at radius 3 is 2.81 bits per heavy atom. The van der Waals surface area contributed by atoms with Gasteiger partial charge < -0.3 is 5.73 Å². The molecule has 2 rings (SSSR count). The molecule has 1 aromatic rings. The van der Waals surface area contributed by atoms with Crippen molar-refractivity contribution in [3.8, 4) is 0 Å². The maximum absolute atomic E-state index is 6.22. The van der Waals surface area contributed by atoms with E-state index in [0.717, 1.165) is 30.4 Å². The third kappa shape index (κ3) is 4.04. The zero-order chi connectivity index (χ0) is 15.3. The Kier molecular flexibility index (Phi) is 5.77. The molecule has 0 amide bonds. The van der Waals surface area contributed by atoms with Gasteiger partial charge >= 0.3 is 0 Å². The summed E-state index contributed by atoms with van der Waals surface area (Å²) >= 11 is 0. The van der Waals surface area contributed by atoms with Gasteiger partial charge in [-0.1, -0.05) is 32.3 Å². The van der Waals surface area contributed by atoms with Gasteiger partial charge in [-0.15, -0.1) is 0 Å². The van der Waals surface area contributed by atoms with E-state index >= 15 is 0 Å². The molecule has 1 saturated carbocycles. The Bertz CT molecular complexity index is 446. The van der Waals surface area contributed by atoms with Gasteiger partial charge in [-0.25, -0.2) is 0 Å². The van der Waals surface area contributed by atoms with Crippen molar-refractivity contribution in [2.24, 2.45) is 11.7 Å². The van der Waals surface area contributed by atoms with Gasteiger partial charge in [0.15, 0.2) is 0 Å². The van der Waals surface area contributed by atoms with Gasteiger partial charge in [-0.05, 0) is 51.3 Å². The van der Waals surface area contributed by atoms with Crippen LogP contribution in [0.1, 0.15) is 56.8 Å². The first-order valence-electron chi connectivity index (χ1n) is 8.43. The lowest BCUT2D eigenvalue weighted by atomic mass is 9.87. The van der Waals surface area contributed by atoms with E-state index in [4.69, 9.17) is 5.73 Å². The number of hydrogen-bond acceptors (Lipinski definition) is 3. The first-order chi connectivity index (χ1) is 10.1. The molecule has 0 saturated heterocycles. The minimum Gasteiger partial charge on any atom is -0.329 e. The van der Waals surface area contributed by atoms with Crippen LogP contribution < -0.4 is 5.73 Å². The Morgan fingerprint density at radius 2 is 2.14 bits per heavy atom. The molecule has 0 bridgehead atoms. The fraction of sp³-hybridized carbons (Fsp3) is 0.722. The monoisotopic (exact) mass is 289 g/mol. The van der Waals surface area contributed by atoms with Gasteiger partial charge in [0, 0.05) is 24.3 Å². The van der Waals surface area contributed by atoms with Gasteiger partial charge in [-0.3, -0.25) is 9.88 Å². The molecule has 1 aliphatic rings. The van der Waals surface area contributed by atoms with Crippen LogP contribution in [-0.4, -0.2) is 29.0 Å². The largest absolute Gasteiger partial charge is 0.329 e. The Hall–Kier alpha value is -0.930. The van der Waals surface area contributed by atoms with E-state index in [-0.39, 0.29) is 5.54 Å². The molecule has 0 aliphatic heterocycles. The zero-order valence-corrected chi connectivity index (χ0v) is 13.9. The van der Waals surface area contributed by atoms with E-state index in [1.165, 1.54) is 38.5 Å². The van der Waals surface area contributed by atoms with E-state index < -0.39 is 0 Å². The average Bonchev–Trinajstić information content (AvgIpc) is 2.70. The van der Waals surface area contributed by atoms with Gasteiger partial charge in [-0.2, -0.15) is 0 Å². The summed E-state index contributed by atoms with van der Waals surface area (Å²) in [6.07, 6.45) is 7.76. The minimum absolute atomic E-state index is 0.162. The molecule has 1 aromatic heterocycles. The first kappa shape index (κ1) is 16.4. The highest BCUT2D eigenvalue weighted by atomic mass is 15.2. The molecule has 2 atom stereocenters. The van der Waals surface area contributed by atoms with Crippen molar-refractivity contribution in [2.45, 2.75) is 64.5 Å². The molecule has 21 heavy (non-hydrogen) atoms. The highest BCUT2D eigenvalue weighted by molar-refractivity contribution is 5.10. The van der Waals surface area contributed by atoms with Crippen LogP contribution >= 0.6 is 0 Å². The molecule has 1 fully saturated rings. The normalized spacial score (nSPS) is 26.8. The van der Waals surface area contributed by atoms with E-state index in [1.54, 1.807) is 0 Å². The highest BCUT2D eigenvalue weighted by Gasteiger charge is 2.35. The first-order valence-corrected chi connectivity index (χ1v) is 8.43. The van der Waals surface area contributed by atoms with Crippen molar-refractivity contribution >= 4 is 0 Å². The molecule has 2 N–H and O–H groups in total. The zero-order valence-electron chi connectivity index (χ0n) is 13.9. The van der Waals surface area contributed by atoms with Crippen LogP contribution in [0.5, 0.6) is 0 Å². The number of rotatable bonds is 5. The number of nitrogens with two attached hydrogens (primary N) is 1. The fourth-order valence-corrected chi connectivity index (χ4v) is 3.71. The van der Waals surface area contributed by atoms with E-state index in [2.05, 4.69) is 49.0 Å². The topological polar surface area (TPSA) is 42.1 Å². The maximum Gasteiger partial charge on any atom is 0.0547 e. The van der Waals surface area contributed by atoms with E-state index in [1.807, 2.05) is 0 Å². The Morgan fingerprint density at radius 1 is 1.33 bits per heavy atom. The smallest absolute Gasteiger partial charge is 0.0547 e. The number of likely N-dealkylation sites (N-methyl/N-ethyl adjacent to an activating group) is 1. The van der Waals surface area contributed by atoms with Crippen LogP contribution in [0.15, 0.2) is 18.2 Å². The quantitative estimate of drug-likeness (QED) is 0.843. The average molecular weight is 289 g/mol.